The van der Waals surface area contributed by atoms with E-state index < -0.39 is 0 Å². The van der Waals surface area contributed by atoms with Crippen LogP contribution in [0.25, 0.3) is 0 Å². The summed E-state index contributed by atoms with van der Waals surface area (Å²) in [6.07, 6.45) is 5.75. The van der Waals surface area contributed by atoms with Gasteiger partial charge in [0.05, 0.1) is 6.04 Å². The van der Waals surface area contributed by atoms with Gasteiger partial charge in [0.25, 0.3) is 0 Å². The van der Waals surface area contributed by atoms with E-state index in [2.05, 4.69) is 37.1 Å². The molecule has 0 aromatic carbocycles. The zero-order valence-electron chi connectivity index (χ0n) is 12.5. The van der Waals surface area contributed by atoms with Gasteiger partial charge in [0.2, 0.25) is 5.95 Å². The molecular weight excluding hydrogens is 264 g/mol. The number of aryl methyl sites for hydroxylation is 1. The number of hydrogen-bond donors (Lipinski definition) is 1. The lowest BCUT2D eigenvalue weighted by Gasteiger charge is -2.22. The lowest BCUT2D eigenvalue weighted by atomic mass is 10.2. The summed E-state index contributed by atoms with van der Waals surface area (Å²) in [6.45, 7) is 6.34. The molecule has 3 rings (SSSR count). The summed E-state index contributed by atoms with van der Waals surface area (Å²) >= 11 is 0. The van der Waals surface area contributed by atoms with Crippen LogP contribution in [0.4, 0.5) is 11.8 Å². The van der Waals surface area contributed by atoms with Crippen LogP contribution in [-0.2, 0) is 0 Å². The maximum atomic E-state index is 4.67. The molecule has 1 aliphatic rings. The monoisotopic (exact) mass is 284 g/mol. The molecule has 21 heavy (non-hydrogen) atoms. The number of likely N-dealkylation sites (tertiary alicyclic amines) is 1. The third-order valence-electron chi connectivity index (χ3n) is 3.75. The molecule has 3 heterocycles. The van der Waals surface area contributed by atoms with E-state index in [-0.39, 0.29) is 0 Å². The fourth-order valence-corrected chi connectivity index (χ4v) is 2.78. The van der Waals surface area contributed by atoms with Gasteiger partial charge in [0.1, 0.15) is 11.6 Å². The first-order chi connectivity index (χ1) is 10.3. The molecule has 0 amide bonds. The Bertz CT molecular complexity index is 600. The molecule has 1 fully saturated rings. The van der Waals surface area contributed by atoms with Crippen LogP contribution in [0.1, 0.15) is 37.3 Å². The molecule has 6 heteroatoms. The zero-order chi connectivity index (χ0) is 14.7. The second kappa shape index (κ2) is 6.13. The van der Waals surface area contributed by atoms with Crippen LogP contribution < -0.4 is 5.32 Å². The Hall–Kier alpha value is -2.08. The van der Waals surface area contributed by atoms with Crippen molar-refractivity contribution in [2.45, 2.75) is 32.7 Å². The van der Waals surface area contributed by atoms with Crippen molar-refractivity contribution in [2.75, 3.05) is 18.4 Å². The van der Waals surface area contributed by atoms with Gasteiger partial charge in [0.15, 0.2) is 0 Å². The SMILES string of the molecule is CCN1CCCC1c1nc(C)cc(Nc2ncccn2)n1. The first-order valence-electron chi connectivity index (χ1n) is 7.40. The third kappa shape index (κ3) is 3.16. The van der Waals surface area contributed by atoms with Crippen LogP contribution >= 0.6 is 0 Å². The van der Waals surface area contributed by atoms with E-state index in [9.17, 15) is 0 Å². The molecule has 1 N–H and O–H groups in total. The van der Waals surface area contributed by atoms with E-state index in [1.807, 2.05) is 13.0 Å². The number of hydrogen-bond acceptors (Lipinski definition) is 6. The van der Waals surface area contributed by atoms with Gasteiger partial charge in [-0.1, -0.05) is 6.92 Å². The Morgan fingerprint density at radius 2 is 2.10 bits per heavy atom. The minimum absolute atomic E-state index is 0.326. The highest BCUT2D eigenvalue weighted by molar-refractivity contribution is 5.47. The molecule has 6 nitrogen and oxygen atoms in total. The molecule has 0 saturated carbocycles. The average Bonchev–Trinajstić information content (AvgIpc) is 2.96. The molecule has 1 aliphatic heterocycles. The van der Waals surface area contributed by atoms with Crippen molar-refractivity contribution in [1.29, 1.82) is 0 Å². The van der Waals surface area contributed by atoms with Crippen molar-refractivity contribution in [3.05, 3.63) is 36.0 Å². The summed E-state index contributed by atoms with van der Waals surface area (Å²) in [5.41, 5.74) is 0.960. The molecule has 0 bridgehead atoms. The molecule has 0 aliphatic carbocycles. The standard InChI is InChI=1S/C15H20N6/c1-3-21-9-4-6-12(21)14-18-11(2)10-13(19-14)20-15-16-7-5-8-17-15/h5,7-8,10,12H,3-4,6,9H2,1-2H3,(H,16,17,18,19,20). The maximum absolute atomic E-state index is 4.67. The molecule has 0 radical (unpaired) electrons. The predicted molar refractivity (Wildman–Crippen MR) is 81.3 cm³/mol. The minimum atomic E-state index is 0.326. The van der Waals surface area contributed by atoms with Crippen LogP contribution in [0.3, 0.4) is 0 Å². The Kier molecular flexibility index (Phi) is 4.06. The third-order valence-corrected chi connectivity index (χ3v) is 3.75. The van der Waals surface area contributed by atoms with Gasteiger partial charge in [0, 0.05) is 24.2 Å². The highest BCUT2D eigenvalue weighted by Gasteiger charge is 2.27. The fraction of sp³-hybridized carbons (Fsp3) is 0.467. The molecule has 1 unspecified atom stereocenters. The largest absolute Gasteiger partial charge is 0.309 e. The second-order valence-corrected chi connectivity index (χ2v) is 5.24. The van der Waals surface area contributed by atoms with Crippen molar-refractivity contribution in [3.63, 3.8) is 0 Å². The van der Waals surface area contributed by atoms with Crippen molar-refractivity contribution in [1.82, 2.24) is 24.8 Å². The van der Waals surface area contributed by atoms with Crippen molar-refractivity contribution >= 4 is 11.8 Å². The quantitative estimate of drug-likeness (QED) is 0.930. The van der Waals surface area contributed by atoms with E-state index in [1.165, 1.54) is 6.42 Å². The predicted octanol–water partition coefficient (Wildman–Crippen LogP) is 2.48. The van der Waals surface area contributed by atoms with Gasteiger partial charge in [-0.2, -0.15) is 0 Å². The van der Waals surface area contributed by atoms with E-state index >= 15 is 0 Å². The zero-order valence-corrected chi connectivity index (χ0v) is 12.5. The van der Waals surface area contributed by atoms with Gasteiger partial charge in [-0.15, -0.1) is 0 Å². The minimum Gasteiger partial charge on any atom is -0.309 e. The van der Waals surface area contributed by atoms with Crippen molar-refractivity contribution < 1.29 is 0 Å². The summed E-state index contributed by atoms with van der Waals surface area (Å²) in [5.74, 6) is 2.21. The smallest absolute Gasteiger partial charge is 0.228 e. The Labute approximate surface area is 124 Å². The second-order valence-electron chi connectivity index (χ2n) is 5.24. The Morgan fingerprint density at radius 1 is 1.29 bits per heavy atom. The van der Waals surface area contributed by atoms with Crippen LogP contribution in [-0.4, -0.2) is 37.9 Å². The van der Waals surface area contributed by atoms with Gasteiger partial charge in [-0.05, 0) is 38.9 Å². The van der Waals surface area contributed by atoms with E-state index in [4.69, 9.17) is 0 Å². The highest BCUT2D eigenvalue weighted by atomic mass is 15.2. The first kappa shape index (κ1) is 13.9. The normalized spacial score (nSPS) is 18.9. The number of nitrogens with zero attached hydrogens (tertiary/aromatic N) is 5. The van der Waals surface area contributed by atoms with Gasteiger partial charge >= 0.3 is 0 Å². The van der Waals surface area contributed by atoms with Crippen LogP contribution in [0, 0.1) is 6.92 Å². The topological polar surface area (TPSA) is 66.8 Å². The maximum Gasteiger partial charge on any atom is 0.228 e. The summed E-state index contributed by atoms with van der Waals surface area (Å²) in [6, 6.07) is 4.04. The summed E-state index contributed by atoms with van der Waals surface area (Å²) in [5, 5.41) is 3.15. The number of rotatable bonds is 4. The molecule has 1 atom stereocenters. The van der Waals surface area contributed by atoms with Gasteiger partial charge in [-0.25, -0.2) is 19.9 Å². The van der Waals surface area contributed by atoms with E-state index in [0.29, 0.717) is 12.0 Å². The van der Waals surface area contributed by atoms with E-state index in [1.54, 1.807) is 18.5 Å². The van der Waals surface area contributed by atoms with Crippen molar-refractivity contribution in [2.24, 2.45) is 0 Å². The highest BCUT2D eigenvalue weighted by Crippen LogP contribution is 2.30. The molecule has 2 aromatic rings. The number of anilines is 2. The van der Waals surface area contributed by atoms with Crippen molar-refractivity contribution in [3.8, 4) is 0 Å². The molecule has 110 valence electrons. The summed E-state index contributed by atoms with van der Waals surface area (Å²) in [4.78, 5) is 20.1. The lowest BCUT2D eigenvalue weighted by molar-refractivity contribution is 0.262. The Balaban J connectivity index is 1.86. The van der Waals surface area contributed by atoms with Crippen LogP contribution in [0.5, 0.6) is 0 Å². The van der Waals surface area contributed by atoms with Gasteiger partial charge < -0.3 is 5.32 Å². The average molecular weight is 284 g/mol. The van der Waals surface area contributed by atoms with Crippen LogP contribution in [0.15, 0.2) is 24.5 Å². The molecular formula is C15H20N6. The number of aromatic nitrogens is 4. The molecule has 1 saturated heterocycles. The van der Waals surface area contributed by atoms with Gasteiger partial charge in [-0.3, -0.25) is 4.90 Å². The first-order valence-corrected chi connectivity index (χ1v) is 7.40. The summed E-state index contributed by atoms with van der Waals surface area (Å²) < 4.78 is 0. The van der Waals surface area contributed by atoms with E-state index in [0.717, 1.165) is 36.8 Å². The molecule has 2 aromatic heterocycles. The summed E-state index contributed by atoms with van der Waals surface area (Å²) in [7, 11) is 0. The fourth-order valence-electron chi connectivity index (χ4n) is 2.78. The number of nitrogens with one attached hydrogen (secondary N) is 1. The molecule has 0 spiro atoms. The van der Waals surface area contributed by atoms with Crippen LogP contribution in [0.2, 0.25) is 0 Å². The lowest BCUT2D eigenvalue weighted by Crippen LogP contribution is -2.24. The Morgan fingerprint density at radius 3 is 2.86 bits per heavy atom.